The quantitative estimate of drug-likeness (QED) is 0.568. The van der Waals surface area contributed by atoms with E-state index in [9.17, 15) is 4.79 Å². The number of nitrogens with one attached hydrogen (secondary N) is 1. The molecular weight excluding hydrogens is 366 g/mol. The van der Waals surface area contributed by atoms with Crippen molar-refractivity contribution in [1.82, 2.24) is 29.4 Å². The summed E-state index contributed by atoms with van der Waals surface area (Å²) in [5.74, 6) is 0. The van der Waals surface area contributed by atoms with Gasteiger partial charge in [0.1, 0.15) is 0 Å². The number of carbonyl (C=O) groups is 1. The molecule has 0 spiro atoms. The standard InChI is InChI=1S/C21H23N7O/c1-15-19-9-18(11-22-20(19)27(3)25-15)24-21(29)26(2)12-17-10-23-28(14-17)13-16-7-5-4-6-8-16/h4-11,14H,12-13H2,1-3H3,(H,24,29). The third kappa shape index (κ3) is 4.11. The van der Waals surface area contributed by atoms with Gasteiger partial charge in [-0.25, -0.2) is 9.78 Å². The fourth-order valence-electron chi connectivity index (χ4n) is 3.29. The molecule has 29 heavy (non-hydrogen) atoms. The molecule has 0 radical (unpaired) electrons. The summed E-state index contributed by atoms with van der Waals surface area (Å²) >= 11 is 0. The Morgan fingerprint density at radius 1 is 1.17 bits per heavy atom. The Morgan fingerprint density at radius 3 is 2.76 bits per heavy atom. The Kier molecular flexibility index (Phi) is 4.99. The van der Waals surface area contributed by atoms with Crippen LogP contribution in [0.2, 0.25) is 0 Å². The lowest BCUT2D eigenvalue weighted by atomic mass is 10.2. The van der Waals surface area contributed by atoms with Gasteiger partial charge in [0.25, 0.3) is 0 Å². The van der Waals surface area contributed by atoms with Crippen LogP contribution in [0.5, 0.6) is 0 Å². The number of anilines is 1. The molecular formula is C21H23N7O. The van der Waals surface area contributed by atoms with E-state index >= 15 is 0 Å². The minimum atomic E-state index is -0.205. The van der Waals surface area contributed by atoms with Crippen molar-refractivity contribution in [3.63, 3.8) is 0 Å². The summed E-state index contributed by atoms with van der Waals surface area (Å²) in [6.07, 6.45) is 5.40. The molecule has 4 rings (SSSR count). The predicted molar refractivity (Wildman–Crippen MR) is 112 cm³/mol. The van der Waals surface area contributed by atoms with Crippen molar-refractivity contribution in [2.75, 3.05) is 12.4 Å². The number of hydrogen-bond donors (Lipinski definition) is 1. The van der Waals surface area contributed by atoms with Gasteiger partial charge in [0.05, 0.1) is 36.9 Å². The minimum Gasteiger partial charge on any atom is -0.323 e. The maximum Gasteiger partial charge on any atom is 0.321 e. The van der Waals surface area contributed by atoms with Gasteiger partial charge in [-0.1, -0.05) is 30.3 Å². The van der Waals surface area contributed by atoms with Crippen LogP contribution in [0.1, 0.15) is 16.8 Å². The Hall–Kier alpha value is -3.68. The van der Waals surface area contributed by atoms with E-state index in [0.717, 1.165) is 22.3 Å². The van der Waals surface area contributed by atoms with Gasteiger partial charge in [-0.3, -0.25) is 9.36 Å². The second kappa shape index (κ2) is 7.75. The van der Waals surface area contributed by atoms with Crippen LogP contribution in [-0.2, 0) is 20.1 Å². The Balaban J connectivity index is 1.39. The molecule has 0 aliphatic heterocycles. The summed E-state index contributed by atoms with van der Waals surface area (Å²) in [5, 5.41) is 12.6. The highest BCUT2D eigenvalue weighted by atomic mass is 16.2. The van der Waals surface area contributed by atoms with E-state index in [1.54, 1.807) is 29.0 Å². The topological polar surface area (TPSA) is 80.9 Å². The summed E-state index contributed by atoms with van der Waals surface area (Å²) < 4.78 is 3.61. The molecule has 0 saturated carbocycles. The first-order chi connectivity index (χ1) is 14.0. The highest BCUT2D eigenvalue weighted by Gasteiger charge is 2.13. The molecule has 0 unspecified atom stereocenters. The third-order valence-electron chi connectivity index (χ3n) is 4.75. The van der Waals surface area contributed by atoms with Gasteiger partial charge >= 0.3 is 6.03 Å². The van der Waals surface area contributed by atoms with Crippen LogP contribution in [0.4, 0.5) is 10.5 Å². The molecule has 3 aromatic heterocycles. The highest BCUT2D eigenvalue weighted by Crippen LogP contribution is 2.19. The number of nitrogens with zero attached hydrogens (tertiary/aromatic N) is 6. The summed E-state index contributed by atoms with van der Waals surface area (Å²) in [4.78, 5) is 18.6. The molecule has 4 aromatic rings. The molecule has 0 saturated heterocycles. The molecule has 3 heterocycles. The van der Waals surface area contributed by atoms with Crippen LogP contribution in [0.15, 0.2) is 55.0 Å². The Bertz CT molecular complexity index is 1150. The molecule has 0 fully saturated rings. The molecule has 0 bridgehead atoms. The second-order valence-corrected chi connectivity index (χ2v) is 7.12. The number of fused-ring (bicyclic) bond motifs is 1. The lowest BCUT2D eigenvalue weighted by Gasteiger charge is -2.17. The van der Waals surface area contributed by atoms with Crippen LogP contribution in [0.3, 0.4) is 0 Å². The summed E-state index contributed by atoms with van der Waals surface area (Å²) in [7, 11) is 3.61. The molecule has 2 amide bonds. The summed E-state index contributed by atoms with van der Waals surface area (Å²) in [6.45, 7) is 3.09. The van der Waals surface area contributed by atoms with Gasteiger partial charge in [0, 0.05) is 31.2 Å². The first-order valence-corrected chi connectivity index (χ1v) is 9.36. The van der Waals surface area contributed by atoms with Crippen molar-refractivity contribution < 1.29 is 4.79 Å². The van der Waals surface area contributed by atoms with Gasteiger partial charge in [-0.05, 0) is 18.6 Å². The van der Waals surface area contributed by atoms with Crippen molar-refractivity contribution >= 4 is 22.8 Å². The van der Waals surface area contributed by atoms with Crippen molar-refractivity contribution in [3.05, 3.63) is 71.8 Å². The highest BCUT2D eigenvalue weighted by molar-refractivity contribution is 5.91. The molecule has 1 N–H and O–H groups in total. The number of rotatable bonds is 5. The zero-order valence-electron chi connectivity index (χ0n) is 16.7. The number of pyridine rings is 1. The molecule has 0 atom stereocenters. The molecule has 0 aliphatic carbocycles. The third-order valence-corrected chi connectivity index (χ3v) is 4.75. The summed E-state index contributed by atoms with van der Waals surface area (Å²) in [6, 6.07) is 11.8. The van der Waals surface area contributed by atoms with E-state index in [2.05, 4.69) is 32.6 Å². The summed E-state index contributed by atoms with van der Waals surface area (Å²) in [5.41, 5.74) is 4.47. The van der Waals surface area contributed by atoms with Crippen LogP contribution in [0.25, 0.3) is 11.0 Å². The van der Waals surface area contributed by atoms with Crippen LogP contribution in [-0.4, -0.2) is 42.5 Å². The monoisotopic (exact) mass is 389 g/mol. The van der Waals surface area contributed by atoms with Gasteiger partial charge in [-0.15, -0.1) is 0 Å². The number of aromatic nitrogens is 5. The molecule has 1 aromatic carbocycles. The van der Waals surface area contributed by atoms with Gasteiger partial charge in [-0.2, -0.15) is 10.2 Å². The maximum absolute atomic E-state index is 12.6. The number of benzene rings is 1. The zero-order valence-corrected chi connectivity index (χ0v) is 16.7. The molecule has 0 aliphatic rings. The molecule has 8 nitrogen and oxygen atoms in total. The van der Waals surface area contributed by atoms with E-state index in [4.69, 9.17) is 0 Å². The number of carbonyl (C=O) groups excluding carboxylic acids is 1. The van der Waals surface area contributed by atoms with E-state index in [0.29, 0.717) is 18.8 Å². The SMILES string of the molecule is Cc1nn(C)c2ncc(NC(=O)N(C)Cc3cnn(Cc4ccccc4)c3)cc12. The molecule has 148 valence electrons. The predicted octanol–water partition coefficient (Wildman–Crippen LogP) is 3.19. The zero-order chi connectivity index (χ0) is 20.4. The fourth-order valence-corrected chi connectivity index (χ4v) is 3.29. The van der Waals surface area contributed by atoms with E-state index in [1.165, 1.54) is 5.56 Å². The second-order valence-electron chi connectivity index (χ2n) is 7.12. The number of aryl methyl sites for hydroxylation is 2. The van der Waals surface area contributed by atoms with Crippen LogP contribution < -0.4 is 5.32 Å². The van der Waals surface area contributed by atoms with Gasteiger partial charge < -0.3 is 10.2 Å². The van der Waals surface area contributed by atoms with Crippen LogP contribution in [0, 0.1) is 6.92 Å². The molecule has 8 heteroatoms. The minimum absolute atomic E-state index is 0.205. The largest absolute Gasteiger partial charge is 0.323 e. The smallest absolute Gasteiger partial charge is 0.321 e. The Morgan fingerprint density at radius 2 is 1.97 bits per heavy atom. The lowest BCUT2D eigenvalue weighted by molar-refractivity contribution is 0.220. The number of amides is 2. The van der Waals surface area contributed by atoms with Crippen molar-refractivity contribution in [1.29, 1.82) is 0 Å². The van der Waals surface area contributed by atoms with Crippen molar-refractivity contribution in [3.8, 4) is 0 Å². The van der Waals surface area contributed by atoms with Gasteiger partial charge in [0.15, 0.2) is 5.65 Å². The van der Waals surface area contributed by atoms with Crippen molar-refractivity contribution in [2.45, 2.75) is 20.0 Å². The van der Waals surface area contributed by atoms with Crippen LogP contribution >= 0.6 is 0 Å². The van der Waals surface area contributed by atoms with Crippen molar-refractivity contribution in [2.24, 2.45) is 7.05 Å². The van der Waals surface area contributed by atoms with E-state index in [-0.39, 0.29) is 6.03 Å². The normalized spacial score (nSPS) is 11.0. The number of urea groups is 1. The average Bonchev–Trinajstić information content (AvgIpc) is 3.26. The Labute approximate surface area is 168 Å². The number of hydrogen-bond acceptors (Lipinski definition) is 4. The van der Waals surface area contributed by atoms with E-state index in [1.807, 2.05) is 49.1 Å². The first-order valence-electron chi connectivity index (χ1n) is 9.36. The maximum atomic E-state index is 12.6. The average molecular weight is 389 g/mol. The first kappa shape index (κ1) is 18.7. The fraction of sp³-hybridized carbons (Fsp3) is 0.238. The lowest BCUT2D eigenvalue weighted by Crippen LogP contribution is -2.30. The van der Waals surface area contributed by atoms with E-state index < -0.39 is 0 Å². The van der Waals surface area contributed by atoms with Gasteiger partial charge in [0.2, 0.25) is 0 Å².